The first-order valence-electron chi connectivity index (χ1n) is 13.2. The standard InChI is InChI=1S/C29H40N6O/c1-23(2)32-12-14-33(15-13-32)28-9-8-27(30-18-28)20-34-16-17-35(24(34)3)22-29(36)21-31-11-10-25-6-4-5-7-26(25)19-31/h4-9,18,29,36H,1,3,10-17,19-22H2,2H3/t29-/m1/s1. The number of anilines is 1. The third-order valence-electron chi connectivity index (χ3n) is 7.83. The van der Waals surface area contributed by atoms with Gasteiger partial charge in [0.05, 0.1) is 36.0 Å². The van der Waals surface area contributed by atoms with Crippen molar-refractivity contribution in [3.05, 3.63) is 84.1 Å². The fraction of sp³-hybridized carbons (Fsp3) is 0.483. The Morgan fingerprint density at radius 2 is 1.69 bits per heavy atom. The molecule has 0 bridgehead atoms. The average molecular weight is 489 g/mol. The lowest BCUT2D eigenvalue weighted by atomic mass is 10.00. The first-order chi connectivity index (χ1) is 17.5. The fourth-order valence-electron chi connectivity index (χ4n) is 5.63. The number of aromatic nitrogens is 1. The lowest BCUT2D eigenvalue weighted by Crippen LogP contribution is -2.45. The fourth-order valence-corrected chi connectivity index (χ4v) is 5.63. The van der Waals surface area contributed by atoms with Gasteiger partial charge in [-0.1, -0.05) is 37.4 Å². The highest BCUT2D eigenvalue weighted by atomic mass is 16.3. The van der Waals surface area contributed by atoms with E-state index >= 15 is 0 Å². The highest BCUT2D eigenvalue weighted by Crippen LogP contribution is 2.23. The maximum absolute atomic E-state index is 10.8. The second-order valence-electron chi connectivity index (χ2n) is 10.4. The molecule has 3 aliphatic rings. The number of aliphatic hydroxyl groups excluding tert-OH is 1. The summed E-state index contributed by atoms with van der Waals surface area (Å²) < 4.78 is 0. The molecule has 2 saturated heterocycles. The van der Waals surface area contributed by atoms with E-state index in [2.05, 4.69) is 81.0 Å². The van der Waals surface area contributed by atoms with Crippen molar-refractivity contribution < 1.29 is 5.11 Å². The molecule has 0 saturated carbocycles. The smallest absolute Gasteiger partial charge is 0.0970 e. The number of fused-ring (bicyclic) bond motifs is 1. The van der Waals surface area contributed by atoms with Crippen molar-refractivity contribution in [3.63, 3.8) is 0 Å². The molecule has 0 unspecified atom stereocenters. The number of pyridine rings is 1. The molecule has 0 spiro atoms. The SMILES string of the molecule is C=C(C)N1CCN(c2ccc(CN3CCN(C[C@H](O)CN4CCc5ccccc5C4)C3=C)nc2)CC1. The molecule has 1 aromatic carbocycles. The van der Waals surface area contributed by atoms with E-state index < -0.39 is 6.10 Å². The summed E-state index contributed by atoms with van der Waals surface area (Å²) >= 11 is 0. The minimum atomic E-state index is -0.394. The summed E-state index contributed by atoms with van der Waals surface area (Å²) in [6, 6.07) is 13.0. The van der Waals surface area contributed by atoms with E-state index in [-0.39, 0.29) is 0 Å². The molecule has 192 valence electrons. The summed E-state index contributed by atoms with van der Waals surface area (Å²) in [4.78, 5) is 16.4. The van der Waals surface area contributed by atoms with Crippen LogP contribution in [0.3, 0.4) is 0 Å². The molecule has 3 aliphatic heterocycles. The number of nitrogens with zero attached hydrogens (tertiary/aromatic N) is 6. The van der Waals surface area contributed by atoms with E-state index in [1.807, 2.05) is 6.20 Å². The highest BCUT2D eigenvalue weighted by Gasteiger charge is 2.27. The first kappa shape index (κ1) is 24.7. The third-order valence-corrected chi connectivity index (χ3v) is 7.83. The summed E-state index contributed by atoms with van der Waals surface area (Å²) in [5, 5.41) is 10.8. The van der Waals surface area contributed by atoms with Crippen LogP contribution in [0.5, 0.6) is 0 Å². The molecule has 1 aromatic heterocycles. The van der Waals surface area contributed by atoms with E-state index in [4.69, 9.17) is 4.98 Å². The van der Waals surface area contributed by atoms with Gasteiger partial charge in [-0.25, -0.2) is 0 Å². The van der Waals surface area contributed by atoms with Crippen molar-refractivity contribution in [1.29, 1.82) is 0 Å². The van der Waals surface area contributed by atoms with E-state index in [1.165, 1.54) is 16.8 Å². The quantitative estimate of drug-likeness (QED) is 0.613. The molecule has 4 heterocycles. The van der Waals surface area contributed by atoms with E-state index in [0.717, 1.165) is 82.5 Å². The minimum Gasteiger partial charge on any atom is -0.390 e. The van der Waals surface area contributed by atoms with Crippen molar-refractivity contribution >= 4 is 5.69 Å². The van der Waals surface area contributed by atoms with Crippen LogP contribution < -0.4 is 4.90 Å². The van der Waals surface area contributed by atoms with Crippen LogP contribution in [0.25, 0.3) is 0 Å². The van der Waals surface area contributed by atoms with Gasteiger partial charge in [-0.2, -0.15) is 0 Å². The Hall–Kier alpha value is -3.03. The van der Waals surface area contributed by atoms with Gasteiger partial charge in [0.25, 0.3) is 0 Å². The van der Waals surface area contributed by atoms with Crippen molar-refractivity contribution in [2.45, 2.75) is 32.5 Å². The first-order valence-corrected chi connectivity index (χ1v) is 13.2. The summed E-state index contributed by atoms with van der Waals surface area (Å²) in [5.74, 6) is 0.986. The van der Waals surface area contributed by atoms with Crippen LogP contribution in [0.1, 0.15) is 23.7 Å². The molecule has 7 heteroatoms. The zero-order valence-electron chi connectivity index (χ0n) is 21.6. The molecular weight excluding hydrogens is 448 g/mol. The molecule has 36 heavy (non-hydrogen) atoms. The number of allylic oxidation sites excluding steroid dienone is 1. The van der Waals surface area contributed by atoms with Gasteiger partial charge in [0, 0.05) is 71.1 Å². The van der Waals surface area contributed by atoms with E-state index in [9.17, 15) is 5.11 Å². The Morgan fingerprint density at radius 1 is 0.944 bits per heavy atom. The van der Waals surface area contributed by atoms with E-state index in [0.29, 0.717) is 13.1 Å². The van der Waals surface area contributed by atoms with Crippen LogP contribution in [-0.2, 0) is 19.5 Å². The van der Waals surface area contributed by atoms with Gasteiger partial charge in [-0.15, -0.1) is 0 Å². The van der Waals surface area contributed by atoms with Crippen LogP contribution in [0.4, 0.5) is 5.69 Å². The molecular formula is C29H40N6O. The summed E-state index contributed by atoms with van der Waals surface area (Å²) in [6.45, 7) is 20.3. The maximum Gasteiger partial charge on any atom is 0.0970 e. The van der Waals surface area contributed by atoms with E-state index in [1.54, 1.807) is 0 Å². The monoisotopic (exact) mass is 488 g/mol. The van der Waals surface area contributed by atoms with Crippen molar-refractivity contribution in [2.75, 3.05) is 63.8 Å². The zero-order valence-corrected chi connectivity index (χ0v) is 21.6. The minimum absolute atomic E-state index is 0.394. The molecule has 0 amide bonds. The largest absolute Gasteiger partial charge is 0.390 e. The Morgan fingerprint density at radius 3 is 2.42 bits per heavy atom. The Bertz CT molecular complexity index is 1060. The summed E-state index contributed by atoms with van der Waals surface area (Å²) in [5.41, 5.74) is 6.22. The van der Waals surface area contributed by atoms with Gasteiger partial charge in [-0.05, 0) is 36.6 Å². The molecule has 2 aromatic rings. The average Bonchev–Trinajstić information content (AvgIpc) is 3.22. The number of rotatable bonds is 8. The van der Waals surface area contributed by atoms with Gasteiger partial charge in [0.1, 0.15) is 0 Å². The van der Waals surface area contributed by atoms with Crippen molar-refractivity contribution in [1.82, 2.24) is 24.6 Å². The second kappa shape index (κ2) is 10.9. The second-order valence-corrected chi connectivity index (χ2v) is 10.4. The van der Waals surface area contributed by atoms with Gasteiger partial charge >= 0.3 is 0 Å². The normalized spacial score (nSPS) is 19.6. The van der Waals surface area contributed by atoms with Crippen molar-refractivity contribution in [3.8, 4) is 0 Å². The predicted molar refractivity (Wildman–Crippen MR) is 145 cm³/mol. The number of benzene rings is 1. The Labute approximate surface area is 215 Å². The molecule has 0 aliphatic carbocycles. The molecule has 0 radical (unpaired) electrons. The molecule has 7 nitrogen and oxygen atoms in total. The maximum atomic E-state index is 10.8. The van der Waals surface area contributed by atoms with Gasteiger partial charge in [-0.3, -0.25) is 9.88 Å². The molecule has 1 N–H and O–H groups in total. The van der Waals surface area contributed by atoms with Gasteiger partial charge < -0.3 is 24.7 Å². The summed E-state index contributed by atoms with van der Waals surface area (Å²) in [6.07, 6.45) is 2.67. The molecule has 1 atom stereocenters. The number of piperazine rings is 1. The topological polar surface area (TPSA) is 49.3 Å². The van der Waals surface area contributed by atoms with Crippen LogP contribution in [-0.4, -0.2) is 94.7 Å². The van der Waals surface area contributed by atoms with Gasteiger partial charge in [0.2, 0.25) is 0 Å². The van der Waals surface area contributed by atoms with Crippen LogP contribution in [0.2, 0.25) is 0 Å². The Balaban J connectivity index is 1.08. The van der Waals surface area contributed by atoms with Crippen molar-refractivity contribution in [2.24, 2.45) is 0 Å². The summed E-state index contributed by atoms with van der Waals surface area (Å²) in [7, 11) is 0. The number of aliphatic hydroxyl groups is 1. The number of hydrogen-bond donors (Lipinski definition) is 1. The molecule has 5 rings (SSSR count). The highest BCUT2D eigenvalue weighted by molar-refractivity contribution is 5.45. The van der Waals surface area contributed by atoms with Crippen LogP contribution >= 0.6 is 0 Å². The lowest BCUT2D eigenvalue weighted by molar-refractivity contribution is 0.0811. The zero-order chi connectivity index (χ0) is 25.1. The number of hydrogen-bond acceptors (Lipinski definition) is 7. The van der Waals surface area contributed by atoms with Crippen LogP contribution in [0.15, 0.2) is 67.3 Å². The van der Waals surface area contributed by atoms with Gasteiger partial charge in [0.15, 0.2) is 0 Å². The molecule has 2 fully saturated rings. The predicted octanol–water partition coefficient (Wildman–Crippen LogP) is 2.75. The Kier molecular flexibility index (Phi) is 7.48. The third kappa shape index (κ3) is 5.68. The van der Waals surface area contributed by atoms with Crippen LogP contribution in [0, 0.1) is 0 Å². The number of β-amino-alcohol motifs (C(OH)–C–C–N with tert-alkyl or cyclic N) is 1. The lowest BCUT2D eigenvalue weighted by Gasteiger charge is -2.37.